The van der Waals surface area contributed by atoms with E-state index in [9.17, 15) is 19.8 Å². The largest absolute Gasteiger partial charge is 0.480 e. The second kappa shape index (κ2) is 10.3. The van der Waals surface area contributed by atoms with E-state index in [2.05, 4.69) is 4.98 Å². The van der Waals surface area contributed by atoms with Crippen molar-refractivity contribution in [3.8, 4) is 11.1 Å². The van der Waals surface area contributed by atoms with Crippen molar-refractivity contribution in [1.82, 2.24) is 4.98 Å². The van der Waals surface area contributed by atoms with E-state index in [0.717, 1.165) is 5.56 Å². The summed E-state index contributed by atoms with van der Waals surface area (Å²) in [5.41, 5.74) is 8.79. The van der Waals surface area contributed by atoms with Crippen LogP contribution in [0.4, 0.5) is 0 Å². The van der Waals surface area contributed by atoms with Crippen LogP contribution in [0.2, 0.25) is 0 Å². The van der Waals surface area contributed by atoms with E-state index in [1.165, 1.54) is 11.8 Å². The molecule has 3 atom stereocenters. The molecule has 160 valence electrons. The highest BCUT2D eigenvalue weighted by atomic mass is 32.2. The molecule has 4 N–H and O–H groups in total. The van der Waals surface area contributed by atoms with Gasteiger partial charge in [-0.3, -0.25) is 14.6 Å². The lowest BCUT2D eigenvalue weighted by Gasteiger charge is -2.22. The van der Waals surface area contributed by atoms with Crippen LogP contribution >= 0.6 is 11.8 Å². The fourth-order valence-electron chi connectivity index (χ4n) is 3.47. The summed E-state index contributed by atoms with van der Waals surface area (Å²) in [4.78, 5) is 28.7. The molecular formula is C24H24N2O4S. The van der Waals surface area contributed by atoms with Crippen LogP contribution in [0.25, 0.3) is 11.1 Å². The van der Waals surface area contributed by atoms with Gasteiger partial charge in [0, 0.05) is 18.0 Å². The van der Waals surface area contributed by atoms with Crippen molar-refractivity contribution < 1.29 is 19.8 Å². The van der Waals surface area contributed by atoms with Crippen LogP contribution in [0.15, 0.2) is 73.1 Å². The van der Waals surface area contributed by atoms with Gasteiger partial charge in [-0.15, -0.1) is 0 Å². The van der Waals surface area contributed by atoms with E-state index >= 15 is 0 Å². The number of carbonyl (C=O) groups excluding carboxylic acids is 1. The molecule has 0 aliphatic rings. The van der Waals surface area contributed by atoms with Crippen molar-refractivity contribution in [3.05, 3.63) is 89.7 Å². The van der Waals surface area contributed by atoms with Crippen LogP contribution in [-0.4, -0.2) is 44.5 Å². The Kier molecular flexibility index (Phi) is 7.57. The van der Waals surface area contributed by atoms with Gasteiger partial charge in [-0.2, -0.15) is 11.8 Å². The summed E-state index contributed by atoms with van der Waals surface area (Å²) in [7, 11) is 0. The average molecular weight is 437 g/mol. The van der Waals surface area contributed by atoms with E-state index in [0.29, 0.717) is 22.3 Å². The Labute approximate surface area is 185 Å². The van der Waals surface area contributed by atoms with Crippen molar-refractivity contribution in [3.63, 3.8) is 0 Å². The van der Waals surface area contributed by atoms with E-state index in [4.69, 9.17) is 5.73 Å². The lowest BCUT2D eigenvalue weighted by molar-refractivity contribution is -0.138. The number of hydrogen-bond donors (Lipinski definition) is 3. The van der Waals surface area contributed by atoms with E-state index in [-0.39, 0.29) is 12.2 Å². The highest BCUT2D eigenvalue weighted by Gasteiger charge is 2.28. The van der Waals surface area contributed by atoms with Crippen LogP contribution < -0.4 is 5.73 Å². The monoisotopic (exact) mass is 436 g/mol. The maximum atomic E-state index is 13.5. The molecule has 1 aromatic heterocycles. The summed E-state index contributed by atoms with van der Waals surface area (Å²) in [5, 5.41) is 19.7. The molecule has 0 saturated carbocycles. The fourth-order valence-corrected chi connectivity index (χ4v) is 4.21. The Bertz CT molecular complexity index is 1040. The highest BCUT2D eigenvalue weighted by molar-refractivity contribution is 7.99. The topological polar surface area (TPSA) is 114 Å². The van der Waals surface area contributed by atoms with Gasteiger partial charge in [0.2, 0.25) is 0 Å². The third-order valence-corrected chi connectivity index (χ3v) is 6.08. The molecule has 2 aromatic carbocycles. The Morgan fingerprint density at radius 1 is 1.03 bits per heavy atom. The minimum Gasteiger partial charge on any atom is -0.480 e. The van der Waals surface area contributed by atoms with Gasteiger partial charge in [-0.1, -0.05) is 48.5 Å². The van der Waals surface area contributed by atoms with Crippen LogP contribution in [0.5, 0.6) is 0 Å². The third-order valence-electron chi connectivity index (χ3n) is 5.10. The van der Waals surface area contributed by atoms with Gasteiger partial charge in [0.1, 0.15) is 12.1 Å². The number of thioether (sulfide) groups is 1. The predicted octanol–water partition coefficient (Wildman–Crippen LogP) is 3.55. The second-order valence-corrected chi connectivity index (χ2v) is 8.13. The molecule has 7 heteroatoms. The molecule has 0 bridgehead atoms. The number of pyridine rings is 1. The number of nitrogens with two attached hydrogens (primary N) is 1. The van der Waals surface area contributed by atoms with Gasteiger partial charge in [-0.25, -0.2) is 0 Å². The number of carbonyl (C=O) groups is 2. The van der Waals surface area contributed by atoms with Crippen LogP contribution in [0.1, 0.15) is 34.0 Å². The predicted molar refractivity (Wildman–Crippen MR) is 122 cm³/mol. The smallest absolute Gasteiger partial charge is 0.320 e. The quantitative estimate of drug-likeness (QED) is 0.440. The van der Waals surface area contributed by atoms with Gasteiger partial charge < -0.3 is 15.9 Å². The number of aromatic nitrogens is 1. The molecule has 1 heterocycles. The minimum absolute atomic E-state index is 0.0146. The Morgan fingerprint density at radius 2 is 1.71 bits per heavy atom. The molecule has 0 spiro atoms. The molecule has 6 nitrogen and oxygen atoms in total. The van der Waals surface area contributed by atoms with Crippen LogP contribution in [0, 0.1) is 0 Å². The number of aliphatic hydroxyl groups is 1. The number of carboxylic acids is 1. The number of benzene rings is 2. The first-order valence-corrected chi connectivity index (χ1v) is 11.0. The summed E-state index contributed by atoms with van der Waals surface area (Å²) in [6.45, 7) is 0. The number of aliphatic carboxylic acids is 1. The zero-order chi connectivity index (χ0) is 22.4. The third kappa shape index (κ3) is 5.19. The lowest BCUT2D eigenvalue weighted by atomic mass is 9.87. The molecular weight excluding hydrogens is 412 g/mol. The molecule has 0 radical (unpaired) electrons. The first-order valence-electron chi connectivity index (χ1n) is 9.75. The van der Waals surface area contributed by atoms with Crippen molar-refractivity contribution in [2.45, 2.75) is 23.8 Å². The second-order valence-electron chi connectivity index (χ2n) is 7.09. The number of aliphatic hydroxyl groups excluding tert-OH is 1. The number of ketones is 1. The summed E-state index contributed by atoms with van der Waals surface area (Å²) in [6.07, 6.45) is 4.02. The van der Waals surface area contributed by atoms with E-state index in [1.54, 1.807) is 49.0 Å². The number of nitrogens with zero attached hydrogens (tertiary/aromatic N) is 1. The molecule has 0 aliphatic carbocycles. The van der Waals surface area contributed by atoms with Gasteiger partial charge in [0.05, 0.1) is 5.25 Å². The Hall–Kier alpha value is -3.00. The molecule has 0 aliphatic heterocycles. The van der Waals surface area contributed by atoms with Crippen molar-refractivity contribution >= 4 is 23.5 Å². The summed E-state index contributed by atoms with van der Waals surface area (Å²) in [5.74, 6) is -1.36. The van der Waals surface area contributed by atoms with Crippen molar-refractivity contribution in [1.29, 1.82) is 0 Å². The Morgan fingerprint density at radius 3 is 2.32 bits per heavy atom. The number of rotatable bonds is 9. The van der Waals surface area contributed by atoms with E-state index in [1.807, 2.05) is 30.3 Å². The van der Waals surface area contributed by atoms with Gasteiger partial charge in [0.25, 0.3) is 0 Å². The molecule has 2 unspecified atom stereocenters. The van der Waals surface area contributed by atoms with Crippen LogP contribution in [0.3, 0.4) is 0 Å². The number of hydrogen-bond acceptors (Lipinski definition) is 6. The standard InChI is InChI=1S/C24H24N2O4S/c1-31-20(14-19(25)24(29)30)23(28)18-9-5-8-17(21(18)15-6-3-2-4-7-15)22(27)16-10-12-26-13-11-16/h2-13,19-20,22,27H,14,25H2,1H3,(H,29,30)/t19-,20?,22?/m0/s1. The maximum Gasteiger partial charge on any atom is 0.320 e. The fraction of sp³-hybridized carbons (Fsp3) is 0.208. The zero-order valence-corrected chi connectivity index (χ0v) is 17.8. The molecule has 3 rings (SSSR count). The number of carboxylic acid groups (broad SMARTS) is 1. The van der Waals surface area contributed by atoms with Crippen molar-refractivity contribution in [2.75, 3.05) is 6.26 Å². The Balaban J connectivity index is 2.12. The SMILES string of the molecule is CSC(C[C@H](N)C(=O)O)C(=O)c1cccc(C(O)c2ccncc2)c1-c1ccccc1. The molecule has 31 heavy (non-hydrogen) atoms. The first-order chi connectivity index (χ1) is 14.9. The molecule has 0 saturated heterocycles. The van der Waals surface area contributed by atoms with E-state index < -0.39 is 23.4 Å². The van der Waals surface area contributed by atoms with Gasteiger partial charge in [0.15, 0.2) is 5.78 Å². The van der Waals surface area contributed by atoms with Gasteiger partial charge in [-0.05, 0) is 47.1 Å². The summed E-state index contributed by atoms with van der Waals surface area (Å²) in [6, 6.07) is 16.9. The summed E-state index contributed by atoms with van der Waals surface area (Å²) >= 11 is 1.27. The number of Topliss-reactive ketones (excluding diaryl/α,β-unsaturated/α-hetero) is 1. The average Bonchev–Trinajstić information content (AvgIpc) is 2.82. The van der Waals surface area contributed by atoms with Crippen molar-refractivity contribution in [2.24, 2.45) is 5.73 Å². The van der Waals surface area contributed by atoms with Crippen LogP contribution in [-0.2, 0) is 4.79 Å². The normalized spacial score (nSPS) is 13.9. The molecule has 0 amide bonds. The maximum absolute atomic E-state index is 13.5. The molecule has 0 fully saturated rings. The first kappa shape index (κ1) is 22.7. The summed E-state index contributed by atoms with van der Waals surface area (Å²) < 4.78 is 0. The lowest BCUT2D eigenvalue weighted by Crippen LogP contribution is -2.35. The zero-order valence-electron chi connectivity index (χ0n) is 17.0. The highest BCUT2D eigenvalue weighted by Crippen LogP contribution is 2.36. The minimum atomic E-state index is -1.14. The van der Waals surface area contributed by atoms with Gasteiger partial charge >= 0.3 is 5.97 Å². The molecule has 3 aromatic rings.